The van der Waals surface area contributed by atoms with E-state index in [1.54, 1.807) is 0 Å². The Kier molecular flexibility index (Phi) is 3.36. The molecule has 0 aliphatic rings. The predicted octanol–water partition coefficient (Wildman–Crippen LogP) is 1.36. The van der Waals surface area contributed by atoms with E-state index in [9.17, 15) is 18.3 Å². The van der Waals surface area contributed by atoms with E-state index in [1.807, 2.05) is 0 Å². The summed E-state index contributed by atoms with van der Waals surface area (Å²) < 4.78 is 38.5. The maximum absolute atomic E-state index is 13.1. The molecule has 1 aromatic rings. The zero-order chi connectivity index (χ0) is 11.6. The molecular formula is C10H12F3NO. The number of benzene rings is 1. The van der Waals surface area contributed by atoms with Gasteiger partial charge in [-0.3, -0.25) is 0 Å². The maximum atomic E-state index is 13.1. The molecule has 84 valence electrons. The van der Waals surface area contributed by atoms with E-state index in [0.717, 1.165) is 6.07 Å². The van der Waals surface area contributed by atoms with Crippen LogP contribution in [0.3, 0.4) is 0 Å². The standard InChI is InChI=1S/C10H12F3NO/c1-10(15,5-14)4-6-2-8(12)9(13)3-7(6)11/h2-3,15H,4-5,14H2,1H3. The lowest BCUT2D eigenvalue weighted by Gasteiger charge is -2.21. The van der Waals surface area contributed by atoms with Gasteiger partial charge in [-0.1, -0.05) is 0 Å². The summed E-state index contributed by atoms with van der Waals surface area (Å²) in [5.74, 6) is -3.27. The lowest BCUT2D eigenvalue weighted by atomic mass is 9.96. The molecule has 0 radical (unpaired) electrons. The van der Waals surface area contributed by atoms with Gasteiger partial charge in [0, 0.05) is 19.0 Å². The van der Waals surface area contributed by atoms with Crippen molar-refractivity contribution in [2.45, 2.75) is 18.9 Å². The second-order valence-corrected chi connectivity index (χ2v) is 3.74. The van der Waals surface area contributed by atoms with Gasteiger partial charge >= 0.3 is 0 Å². The van der Waals surface area contributed by atoms with E-state index in [0.29, 0.717) is 6.07 Å². The van der Waals surface area contributed by atoms with E-state index in [2.05, 4.69) is 0 Å². The molecule has 1 atom stereocenters. The second kappa shape index (κ2) is 4.20. The molecule has 5 heteroatoms. The van der Waals surface area contributed by atoms with Crippen LogP contribution in [0.15, 0.2) is 12.1 Å². The molecule has 15 heavy (non-hydrogen) atoms. The molecule has 0 bridgehead atoms. The molecule has 0 aromatic heterocycles. The molecule has 1 unspecified atom stereocenters. The highest BCUT2D eigenvalue weighted by Crippen LogP contribution is 2.18. The Hall–Kier alpha value is -1.07. The van der Waals surface area contributed by atoms with Crippen molar-refractivity contribution in [3.63, 3.8) is 0 Å². The molecule has 0 saturated carbocycles. The fourth-order valence-electron chi connectivity index (χ4n) is 1.18. The van der Waals surface area contributed by atoms with Crippen LogP contribution in [0.2, 0.25) is 0 Å². The van der Waals surface area contributed by atoms with Gasteiger partial charge in [0.1, 0.15) is 5.82 Å². The molecule has 0 amide bonds. The van der Waals surface area contributed by atoms with E-state index < -0.39 is 23.1 Å². The van der Waals surface area contributed by atoms with E-state index in [1.165, 1.54) is 6.92 Å². The van der Waals surface area contributed by atoms with Crippen LogP contribution in [0.25, 0.3) is 0 Å². The van der Waals surface area contributed by atoms with E-state index >= 15 is 0 Å². The molecule has 0 aliphatic heterocycles. The number of aliphatic hydroxyl groups is 1. The van der Waals surface area contributed by atoms with Crippen LogP contribution < -0.4 is 5.73 Å². The van der Waals surface area contributed by atoms with Crippen LogP contribution in [0, 0.1) is 17.5 Å². The highest BCUT2D eigenvalue weighted by molar-refractivity contribution is 5.21. The molecule has 1 aromatic carbocycles. The highest BCUT2D eigenvalue weighted by atomic mass is 19.2. The first-order valence-electron chi connectivity index (χ1n) is 4.41. The predicted molar refractivity (Wildman–Crippen MR) is 49.7 cm³/mol. The van der Waals surface area contributed by atoms with Crippen LogP contribution in [-0.4, -0.2) is 17.3 Å². The van der Waals surface area contributed by atoms with E-state index in [4.69, 9.17) is 5.73 Å². The average Bonchev–Trinajstić information content (AvgIpc) is 2.14. The molecule has 1 rings (SSSR count). The summed E-state index contributed by atoms with van der Waals surface area (Å²) in [6, 6.07) is 1.19. The number of halogens is 3. The molecule has 0 heterocycles. The normalized spacial score (nSPS) is 15.1. The molecular weight excluding hydrogens is 207 g/mol. The van der Waals surface area contributed by atoms with Crippen molar-refractivity contribution in [3.8, 4) is 0 Å². The first kappa shape index (κ1) is 12.0. The fourth-order valence-corrected chi connectivity index (χ4v) is 1.18. The summed E-state index contributed by atoms with van der Waals surface area (Å²) in [6.07, 6.45) is -0.160. The van der Waals surface area contributed by atoms with Gasteiger partial charge in [0.05, 0.1) is 5.60 Å². The second-order valence-electron chi connectivity index (χ2n) is 3.74. The zero-order valence-electron chi connectivity index (χ0n) is 8.23. The number of hydrogen-bond acceptors (Lipinski definition) is 2. The minimum Gasteiger partial charge on any atom is -0.389 e. The van der Waals surface area contributed by atoms with Gasteiger partial charge in [0.25, 0.3) is 0 Å². The van der Waals surface area contributed by atoms with E-state index in [-0.39, 0.29) is 18.5 Å². The van der Waals surface area contributed by atoms with Crippen LogP contribution in [-0.2, 0) is 6.42 Å². The minimum atomic E-state index is -1.33. The molecule has 3 N–H and O–H groups in total. The van der Waals surface area contributed by atoms with Gasteiger partial charge in [-0.25, -0.2) is 13.2 Å². The van der Waals surface area contributed by atoms with Crippen molar-refractivity contribution >= 4 is 0 Å². The van der Waals surface area contributed by atoms with Crippen molar-refractivity contribution in [1.29, 1.82) is 0 Å². The van der Waals surface area contributed by atoms with Gasteiger partial charge in [0.2, 0.25) is 0 Å². The third-order valence-corrected chi connectivity index (χ3v) is 2.10. The topological polar surface area (TPSA) is 46.2 Å². The SMILES string of the molecule is CC(O)(CN)Cc1cc(F)c(F)cc1F. The quantitative estimate of drug-likeness (QED) is 0.754. The Balaban J connectivity index is 3.01. The third kappa shape index (κ3) is 2.94. The molecule has 0 aliphatic carbocycles. The van der Waals surface area contributed by atoms with Crippen molar-refractivity contribution in [1.82, 2.24) is 0 Å². The first-order chi connectivity index (χ1) is 6.85. The van der Waals surface area contributed by atoms with Crippen LogP contribution in [0.5, 0.6) is 0 Å². The molecule has 0 saturated heterocycles. The zero-order valence-corrected chi connectivity index (χ0v) is 8.23. The Morgan fingerprint density at radius 1 is 1.20 bits per heavy atom. The van der Waals surface area contributed by atoms with Gasteiger partial charge in [-0.2, -0.15) is 0 Å². The van der Waals surface area contributed by atoms with Crippen LogP contribution >= 0.6 is 0 Å². The van der Waals surface area contributed by atoms with Crippen molar-refractivity contribution in [2.24, 2.45) is 5.73 Å². The Morgan fingerprint density at radius 3 is 2.27 bits per heavy atom. The van der Waals surface area contributed by atoms with Crippen molar-refractivity contribution in [3.05, 3.63) is 35.1 Å². The Bertz CT molecular complexity index is 366. The van der Waals surface area contributed by atoms with Gasteiger partial charge in [-0.05, 0) is 18.6 Å². The van der Waals surface area contributed by atoms with Crippen LogP contribution in [0.1, 0.15) is 12.5 Å². The summed E-state index contributed by atoms with van der Waals surface area (Å²) in [5, 5.41) is 9.55. The third-order valence-electron chi connectivity index (χ3n) is 2.10. The maximum Gasteiger partial charge on any atom is 0.161 e. The average molecular weight is 219 g/mol. The summed E-state index contributed by atoms with van der Waals surface area (Å²) in [5.41, 5.74) is 3.81. The smallest absolute Gasteiger partial charge is 0.161 e. The summed E-state index contributed by atoms with van der Waals surface area (Å²) >= 11 is 0. The van der Waals surface area contributed by atoms with Crippen LogP contribution in [0.4, 0.5) is 13.2 Å². The van der Waals surface area contributed by atoms with Crippen molar-refractivity contribution < 1.29 is 18.3 Å². The number of nitrogens with two attached hydrogens (primary N) is 1. The molecule has 2 nitrogen and oxygen atoms in total. The summed E-state index contributed by atoms with van der Waals surface area (Å²) in [6.45, 7) is 1.30. The Labute approximate surface area is 85.5 Å². The summed E-state index contributed by atoms with van der Waals surface area (Å²) in [7, 11) is 0. The number of hydrogen-bond donors (Lipinski definition) is 2. The largest absolute Gasteiger partial charge is 0.389 e. The Morgan fingerprint density at radius 2 is 1.73 bits per heavy atom. The summed E-state index contributed by atoms with van der Waals surface area (Å²) in [4.78, 5) is 0. The van der Waals surface area contributed by atoms with Gasteiger partial charge in [0.15, 0.2) is 11.6 Å². The molecule has 0 spiro atoms. The first-order valence-corrected chi connectivity index (χ1v) is 4.41. The number of rotatable bonds is 3. The van der Waals surface area contributed by atoms with Gasteiger partial charge < -0.3 is 10.8 Å². The lowest BCUT2D eigenvalue weighted by molar-refractivity contribution is 0.0686. The molecule has 0 fully saturated rings. The highest BCUT2D eigenvalue weighted by Gasteiger charge is 2.21. The fraction of sp³-hybridized carbons (Fsp3) is 0.400. The van der Waals surface area contributed by atoms with Crippen molar-refractivity contribution in [2.75, 3.05) is 6.54 Å². The monoisotopic (exact) mass is 219 g/mol. The minimum absolute atomic E-state index is 0.0918. The lowest BCUT2D eigenvalue weighted by Crippen LogP contribution is -2.36. The van der Waals surface area contributed by atoms with Gasteiger partial charge in [-0.15, -0.1) is 0 Å².